The molecule has 4 nitrogen and oxygen atoms in total. The van der Waals surface area contributed by atoms with Crippen molar-refractivity contribution in [3.05, 3.63) is 36.9 Å². The summed E-state index contributed by atoms with van der Waals surface area (Å²) in [5.41, 5.74) is 2.89. The van der Waals surface area contributed by atoms with Crippen LogP contribution in [-0.4, -0.2) is 28.0 Å². The zero-order chi connectivity index (χ0) is 13.5. The highest BCUT2D eigenvalue weighted by atomic mass is 15.1. The molecule has 0 unspecified atom stereocenters. The third-order valence-corrected chi connectivity index (χ3v) is 2.93. The molecular formula is C15H20N4. The SMILES string of the molecule is CCCN(CCC)c1cncnc1-c1ccccn1. The molecule has 0 fully saturated rings. The van der Waals surface area contributed by atoms with Crippen molar-refractivity contribution in [1.82, 2.24) is 15.0 Å². The predicted molar refractivity (Wildman–Crippen MR) is 78.1 cm³/mol. The van der Waals surface area contributed by atoms with Crippen LogP contribution in [0.1, 0.15) is 26.7 Å². The molecular weight excluding hydrogens is 236 g/mol. The van der Waals surface area contributed by atoms with Crippen molar-refractivity contribution in [3.8, 4) is 11.4 Å². The van der Waals surface area contributed by atoms with Gasteiger partial charge in [-0.05, 0) is 25.0 Å². The molecule has 100 valence electrons. The van der Waals surface area contributed by atoms with Crippen molar-refractivity contribution in [1.29, 1.82) is 0 Å². The van der Waals surface area contributed by atoms with Crippen LogP contribution in [0.2, 0.25) is 0 Å². The molecule has 0 atom stereocenters. The Morgan fingerprint density at radius 2 is 1.84 bits per heavy atom. The molecule has 0 bridgehead atoms. The maximum absolute atomic E-state index is 4.42. The summed E-state index contributed by atoms with van der Waals surface area (Å²) in [6.07, 6.45) is 7.49. The van der Waals surface area contributed by atoms with Crippen LogP contribution in [0.25, 0.3) is 11.4 Å². The number of rotatable bonds is 6. The van der Waals surface area contributed by atoms with Gasteiger partial charge in [0.1, 0.15) is 12.0 Å². The lowest BCUT2D eigenvalue weighted by Crippen LogP contribution is -2.26. The minimum Gasteiger partial charge on any atom is -0.368 e. The monoisotopic (exact) mass is 256 g/mol. The fourth-order valence-corrected chi connectivity index (χ4v) is 2.15. The Bertz CT molecular complexity index is 493. The minimum atomic E-state index is 0.900. The summed E-state index contributed by atoms with van der Waals surface area (Å²) in [6, 6.07) is 5.89. The second kappa shape index (κ2) is 6.83. The lowest BCUT2D eigenvalue weighted by Gasteiger charge is -2.24. The van der Waals surface area contributed by atoms with Crippen molar-refractivity contribution >= 4 is 5.69 Å². The van der Waals surface area contributed by atoms with Gasteiger partial charge in [-0.3, -0.25) is 4.98 Å². The Kier molecular flexibility index (Phi) is 4.84. The first kappa shape index (κ1) is 13.5. The zero-order valence-corrected chi connectivity index (χ0v) is 11.6. The van der Waals surface area contributed by atoms with Gasteiger partial charge in [0, 0.05) is 19.3 Å². The first-order valence-electron chi connectivity index (χ1n) is 6.83. The molecule has 0 N–H and O–H groups in total. The van der Waals surface area contributed by atoms with E-state index in [4.69, 9.17) is 0 Å². The van der Waals surface area contributed by atoms with Crippen LogP contribution in [0, 0.1) is 0 Å². The molecule has 0 aliphatic carbocycles. The van der Waals surface area contributed by atoms with Gasteiger partial charge in [0.25, 0.3) is 0 Å². The van der Waals surface area contributed by atoms with Crippen molar-refractivity contribution in [2.24, 2.45) is 0 Å². The van der Waals surface area contributed by atoms with Gasteiger partial charge in [-0.25, -0.2) is 9.97 Å². The van der Waals surface area contributed by atoms with Crippen molar-refractivity contribution < 1.29 is 0 Å². The van der Waals surface area contributed by atoms with Crippen LogP contribution in [0.3, 0.4) is 0 Å². The van der Waals surface area contributed by atoms with E-state index in [0.717, 1.165) is 43.0 Å². The summed E-state index contributed by atoms with van der Waals surface area (Å²) in [6.45, 7) is 6.40. The number of hydrogen-bond donors (Lipinski definition) is 0. The molecule has 0 amide bonds. The average molecular weight is 256 g/mol. The van der Waals surface area contributed by atoms with Crippen LogP contribution in [0.5, 0.6) is 0 Å². The standard InChI is InChI=1S/C15H20N4/c1-3-9-19(10-4-2)14-11-16-12-18-15(14)13-7-5-6-8-17-13/h5-8,11-12H,3-4,9-10H2,1-2H3. The molecule has 2 heterocycles. The molecule has 2 aromatic rings. The van der Waals surface area contributed by atoms with Gasteiger partial charge in [-0.1, -0.05) is 19.9 Å². The topological polar surface area (TPSA) is 41.9 Å². The van der Waals surface area contributed by atoms with Gasteiger partial charge >= 0.3 is 0 Å². The Hall–Kier alpha value is -1.97. The van der Waals surface area contributed by atoms with E-state index < -0.39 is 0 Å². The second-order valence-electron chi connectivity index (χ2n) is 4.46. The van der Waals surface area contributed by atoms with E-state index in [-0.39, 0.29) is 0 Å². The van der Waals surface area contributed by atoms with E-state index >= 15 is 0 Å². The number of nitrogens with zero attached hydrogens (tertiary/aromatic N) is 4. The minimum absolute atomic E-state index is 0.900. The van der Waals surface area contributed by atoms with Gasteiger partial charge in [-0.15, -0.1) is 0 Å². The number of pyridine rings is 1. The third kappa shape index (κ3) is 3.28. The molecule has 19 heavy (non-hydrogen) atoms. The Morgan fingerprint density at radius 3 is 2.47 bits per heavy atom. The summed E-state index contributed by atoms with van der Waals surface area (Å²) in [4.78, 5) is 15.3. The van der Waals surface area contributed by atoms with Gasteiger partial charge in [-0.2, -0.15) is 0 Å². The summed E-state index contributed by atoms with van der Waals surface area (Å²) >= 11 is 0. The quantitative estimate of drug-likeness (QED) is 0.796. The van der Waals surface area contributed by atoms with Crippen LogP contribution in [-0.2, 0) is 0 Å². The summed E-state index contributed by atoms with van der Waals surface area (Å²) in [5.74, 6) is 0. The fourth-order valence-electron chi connectivity index (χ4n) is 2.15. The van der Waals surface area contributed by atoms with E-state index in [0.29, 0.717) is 0 Å². The van der Waals surface area contributed by atoms with Crippen LogP contribution in [0.4, 0.5) is 5.69 Å². The van der Waals surface area contributed by atoms with Crippen molar-refractivity contribution in [2.75, 3.05) is 18.0 Å². The highest BCUT2D eigenvalue weighted by Gasteiger charge is 2.13. The second-order valence-corrected chi connectivity index (χ2v) is 4.46. The highest BCUT2D eigenvalue weighted by Crippen LogP contribution is 2.26. The van der Waals surface area contributed by atoms with Crippen LogP contribution < -0.4 is 4.90 Å². The van der Waals surface area contributed by atoms with Crippen molar-refractivity contribution in [2.45, 2.75) is 26.7 Å². The Morgan fingerprint density at radius 1 is 1.05 bits per heavy atom. The molecule has 0 aliphatic rings. The largest absolute Gasteiger partial charge is 0.368 e. The Labute approximate surface area is 114 Å². The number of aromatic nitrogens is 3. The smallest absolute Gasteiger partial charge is 0.116 e. The van der Waals surface area contributed by atoms with Crippen LogP contribution in [0.15, 0.2) is 36.9 Å². The molecule has 4 heteroatoms. The van der Waals surface area contributed by atoms with E-state index in [1.807, 2.05) is 24.4 Å². The fraction of sp³-hybridized carbons (Fsp3) is 0.400. The summed E-state index contributed by atoms with van der Waals surface area (Å²) < 4.78 is 0. The molecule has 2 aromatic heterocycles. The lowest BCUT2D eigenvalue weighted by molar-refractivity contribution is 0.742. The van der Waals surface area contributed by atoms with Gasteiger partial charge in [0.2, 0.25) is 0 Å². The highest BCUT2D eigenvalue weighted by molar-refractivity contribution is 5.71. The van der Waals surface area contributed by atoms with E-state index in [1.165, 1.54) is 0 Å². The Balaban J connectivity index is 2.40. The van der Waals surface area contributed by atoms with E-state index in [1.54, 1.807) is 12.5 Å². The van der Waals surface area contributed by atoms with Gasteiger partial charge in [0.05, 0.1) is 17.6 Å². The van der Waals surface area contributed by atoms with E-state index in [2.05, 4.69) is 33.7 Å². The molecule has 0 aliphatic heterocycles. The number of anilines is 1. The maximum Gasteiger partial charge on any atom is 0.116 e. The molecule has 2 rings (SSSR count). The first-order valence-corrected chi connectivity index (χ1v) is 6.83. The van der Waals surface area contributed by atoms with Crippen molar-refractivity contribution in [3.63, 3.8) is 0 Å². The maximum atomic E-state index is 4.42. The van der Waals surface area contributed by atoms with Crippen LogP contribution >= 0.6 is 0 Å². The zero-order valence-electron chi connectivity index (χ0n) is 11.6. The summed E-state index contributed by atoms with van der Waals surface area (Å²) in [7, 11) is 0. The normalized spacial score (nSPS) is 10.4. The molecule has 0 radical (unpaired) electrons. The van der Waals surface area contributed by atoms with E-state index in [9.17, 15) is 0 Å². The molecule has 0 saturated carbocycles. The average Bonchev–Trinajstić information content (AvgIpc) is 2.48. The molecule has 0 saturated heterocycles. The molecule has 0 aromatic carbocycles. The lowest BCUT2D eigenvalue weighted by atomic mass is 10.2. The first-order chi connectivity index (χ1) is 9.36. The number of hydrogen-bond acceptors (Lipinski definition) is 4. The predicted octanol–water partition coefficient (Wildman–Crippen LogP) is 3.17. The molecule has 0 spiro atoms. The summed E-state index contributed by atoms with van der Waals surface area (Å²) in [5, 5.41) is 0. The van der Waals surface area contributed by atoms with Gasteiger partial charge in [0.15, 0.2) is 0 Å². The third-order valence-electron chi connectivity index (χ3n) is 2.93. The van der Waals surface area contributed by atoms with Gasteiger partial charge < -0.3 is 4.90 Å².